The predicted molar refractivity (Wildman–Crippen MR) is 38.0 cm³/mol. The first kappa shape index (κ1) is 7.06. The molecule has 2 heteroatoms. The van der Waals surface area contributed by atoms with Crippen molar-refractivity contribution in [2.75, 3.05) is 0 Å². The van der Waals surface area contributed by atoms with E-state index in [2.05, 4.69) is 0 Å². The number of nitrogens with zero attached hydrogens (tertiary/aromatic N) is 1. The second-order valence-corrected chi connectivity index (χ2v) is 2.63. The molecule has 1 N–H and O–H groups in total. The van der Waals surface area contributed by atoms with Gasteiger partial charge in [-0.25, -0.2) is 0 Å². The van der Waals surface area contributed by atoms with E-state index in [4.69, 9.17) is 0 Å². The molecule has 0 amide bonds. The molecule has 0 saturated heterocycles. The molecular formula is C8H12NO+. The number of aryl methyl sites for hydroxylation is 3. The van der Waals surface area contributed by atoms with Gasteiger partial charge in [0.1, 0.15) is 0 Å². The molecule has 0 aliphatic carbocycles. The summed E-state index contributed by atoms with van der Waals surface area (Å²) in [6.07, 6.45) is 0. The van der Waals surface area contributed by atoms with E-state index in [0.29, 0.717) is 0 Å². The van der Waals surface area contributed by atoms with Crippen molar-refractivity contribution in [1.82, 2.24) is 0 Å². The zero-order valence-corrected chi connectivity index (χ0v) is 6.55. The minimum atomic E-state index is 0.873. The van der Waals surface area contributed by atoms with E-state index >= 15 is 0 Å². The summed E-state index contributed by atoms with van der Waals surface area (Å²) in [5, 5.41) is 9.25. The summed E-state index contributed by atoms with van der Waals surface area (Å²) in [5.74, 6) is 0. The topological polar surface area (TPSA) is 24.1 Å². The zero-order chi connectivity index (χ0) is 7.72. The zero-order valence-electron chi connectivity index (χ0n) is 6.55. The van der Waals surface area contributed by atoms with Crippen LogP contribution < -0.4 is 4.73 Å². The van der Waals surface area contributed by atoms with Crippen LogP contribution in [-0.4, -0.2) is 5.21 Å². The Balaban J connectivity index is 3.31. The molecule has 1 heterocycles. The van der Waals surface area contributed by atoms with Gasteiger partial charge in [-0.05, 0) is 12.5 Å². The fraction of sp³-hybridized carbons (Fsp3) is 0.375. The largest absolute Gasteiger partial charge is 0.285 e. The standard InChI is InChI=1S/C8H12NO/c1-6-4-7(2)9(10)8(3)5-6/h4-5,10H,1-3H3/q+1. The van der Waals surface area contributed by atoms with E-state index < -0.39 is 0 Å². The molecule has 2 nitrogen and oxygen atoms in total. The highest BCUT2D eigenvalue weighted by atomic mass is 16.5. The Bertz CT molecular complexity index is 232. The van der Waals surface area contributed by atoms with Gasteiger partial charge in [-0.2, -0.15) is 0 Å². The van der Waals surface area contributed by atoms with Gasteiger partial charge in [0, 0.05) is 30.7 Å². The third kappa shape index (κ3) is 1.10. The summed E-state index contributed by atoms with van der Waals surface area (Å²) in [7, 11) is 0. The molecule has 0 spiro atoms. The quantitative estimate of drug-likeness (QED) is 0.422. The maximum absolute atomic E-state index is 9.25. The summed E-state index contributed by atoms with van der Waals surface area (Å²) < 4.78 is 1.19. The van der Waals surface area contributed by atoms with E-state index in [1.165, 1.54) is 10.3 Å². The fourth-order valence-electron chi connectivity index (χ4n) is 1.10. The molecule has 54 valence electrons. The average molecular weight is 138 g/mol. The van der Waals surface area contributed by atoms with Crippen LogP contribution >= 0.6 is 0 Å². The Morgan fingerprint density at radius 2 is 1.50 bits per heavy atom. The maximum Gasteiger partial charge on any atom is 0.231 e. The smallest absolute Gasteiger partial charge is 0.231 e. The lowest BCUT2D eigenvalue weighted by atomic mass is 10.2. The van der Waals surface area contributed by atoms with Crippen molar-refractivity contribution in [2.45, 2.75) is 20.8 Å². The molecule has 0 aliphatic heterocycles. The van der Waals surface area contributed by atoms with Gasteiger partial charge < -0.3 is 0 Å². The number of hydrogen-bond donors (Lipinski definition) is 1. The van der Waals surface area contributed by atoms with Crippen LogP contribution in [0.3, 0.4) is 0 Å². The summed E-state index contributed by atoms with van der Waals surface area (Å²) >= 11 is 0. The highest BCUT2D eigenvalue weighted by Gasteiger charge is 2.08. The Labute approximate surface area is 60.7 Å². The third-order valence-electron chi connectivity index (χ3n) is 1.54. The second-order valence-electron chi connectivity index (χ2n) is 2.63. The van der Waals surface area contributed by atoms with Crippen LogP contribution in [0.25, 0.3) is 0 Å². The van der Waals surface area contributed by atoms with Gasteiger partial charge in [0.2, 0.25) is 11.4 Å². The summed E-state index contributed by atoms with van der Waals surface area (Å²) in [5.41, 5.74) is 2.93. The van der Waals surface area contributed by atoms with Crippen molar-refractivity contribution in [1.29, 1.82) is 0 Å². The van der Waals surface area contributed by atoms with Crippen molar-refractivity contribution < 1.29 is 9.94 Å². The Morgan fingerprint density at radius 1 is 1.10 bits per heavy atom. The summed E-state index contributed by atoms with van der Waals surface area (Å²) in [6.45, 7) is 5.76. The van der Waals surface area contributed by atoms with E-state index in [-0.39, 0.29) is 0 Å². The highest BCUT2D eigenvalue weighted by Crippen LogP contribution is 1.99. The van der Waals surface area contributed by atoms with Crippen molar-refractivity contribution in [3.05, 3.63) is 29.1 Å². The van der Waals surface area contributed by atoms with Crippen molar-refractivity contribution >= 4 is 0 Å². The van der Waals surface area contributed by atoms with Crippen LogP contribution in [0.2, 0.25) is 0 Å². The van der Waals surface area contributed by atoms with Crippen molar-refractivity contribution in [3.8, 4) is 0 Å². The highest BCUT2D eigenvalue weighted by molar-refractivity contribution is 5.13. The number of rotatable bonds is 0. The first-order valence-corrected chi connectivity index (χ1v) is 3.30. The van der Waals surface area contributed by atoms with Crippen LogP contribution in [0.5, 0.6) is 0 Å². The number of pyridine rings is 1. The number of hydrogen-bond acceptors (Lipinski definition) is 1. The van der Waals surface area contributed by atoms with Gasteiger partial charge in [-0.3, -0.25) is 5.21 Å². The maximum atomic E-state index is 9.25. The van der Waals surface area contributed by atoms with Crippen molar-refractivity contribution in [3.63, 3.8) is 0 Å². The molecule has 1 rings (SSSR count). The molecule has 0 bridgehead atoms. The van der Waals surface area contributed by atoms with Crippen LogP contribution in [0, 0.1) is 20.8 Å². The molecule has 10 heavy (non-hydrogen) atoms. The average Bonchev–Trinajstić information content (AvgIpc) is 1.82. The monoisotopic (exact) mass is 138 g/mol. The molecule has 1 aromatic heterocycles. The van der Waals surface area contributed by atoms with E-state index in [1.807, 2.05) is 32.9 Å². The van der Waals surface area contributed by atoms with Gasteiger partial charge in [0.25, 0.3) is 0 Å². The minimum Gasteiger partial charge on any atom is -0.285 e. The fourth-order valence-corrected chi connectivity index (χ4v) is 1.10. The normalized spacial score (nSPS) is 9.90. The minimum absolute atomic E-state index is 0.873. The Kier molecular flexibility index (Phi) is 1.62. The molecule has 0 atom stereocenters. The molecule has 1 aromatic rings. The lowest BCUT2D eigenvalue weighted by Gasteiger charge is -1.94. The molecule has 0 fully saturated rings. The molecular weight excluding hydrogens is 126 g/mol. The SMILES string of the molecule is Cc1cc(C)[n+](O)c(C)c1. The molecule has 0 aliphatic rings. The van der Waals surface area contributed by atoms with Gasteiger partial charge >= 0.3 is 0 Å². The first-order valence-electron chi connectivity index (χ1n) is 3.30. The van der Waals surface area contributed by atoms with Gasteiger partial charge in [0.05, 0.1) is 0 Å². The van der Waals surface area contributed by atoms with Gasteiger partial charge in [0.15, 0.2) is 0 Å². The Hall–Kier alpha value is -1.05. The lowest BCUT2D eigenvalue weighted by molar-refractivity contribution is -0.912. The third-order valence-corrected chi connectivity index (χ3v) is 1.54. The van der Waals surface area contributed by atoms with E-state index in [1.54, 1.807) is 0 Å². The summed E-state index contributed by atoms with van der Waals surface area (Å²) in [4.78, 5) is 0. The Morgan fingerprint density at radius 3 is 1.90 bits per heavy atom. The van der Waals surface area contributed by atoms with Crippen LogP contribution in [0.15, 0.2) is 12.1 Å². The van der Waals surface area contributed by atoms with Gasteiger partial charge in [-0.1, -0.05) is 0 Å². The van der Waals surface area contributed by atoms with Crippen LogP contribution in [0.4, 0.5) is 0 Å². The molecule has 0 radical (unpaired) electrons. The van der Waals surface area contributed by atoms with Crippen LogP contribution in [-0.2, 0) is 0 Å². The molecule has 0 unspecified atom stereocenters. The molecule has 0 aromatic carbocycles. The van der Waals surface area contributed by atoms with E-state index in [0.717, 1.165) is 11.4 Å². The van der Waals surface area contributed by atoms with Crippen molar-refractivity contribution in [2.24, 2.45) is 0 Å². The molecule has 0 saturated carbocycles. The van der Waals surface area contributed by atoms with Crippen LogP contribution in [0.1, 0.15) is 17.0 Å². The first-order chi connectivity index (χ1) is 4.61. The second kappa shape index (κ2) is 2.29. The predicted octanol–water partition coefficient (Wildman–Crippen LogP) is 1.14. The summed E-state index contributed by atoms with van der Waals surface area (Å²) in [6, 6.07) is 3.88. The van der Waals surface area contributed by atoms with E-state index in [9.17, 15) is 5.21 Å². The lowest BCUT2D eigenvalue weighted by Crippen LogP contribution is -2.37. The number of aromatic nitrogens is 1. The van der Waals surface area contributed by atoms with Gasteiger partial charge in [-0.15, -0.1) is 0 Å².